The number of nitrogens with one attached hydrogen (secondary N) is 2. The molecule has 2 aromatic heterocycles. The predicted molar refractivity (Wildman–Crippen MR) is 70.4 cm³/mol. The third-order valence-electron chi connectivity index (χ3n) is 2.20. The average molecular weight is 284 g/mol. The minimum Gasteiger partial charge on any atom is -0.321 e. The Morgan fingerprint density at radius 3 is 2.83 bits per heavy atom. The van der Waals surface area contributed by atoms with E-state index in [1.54, 1.807) is 12.1 Å². The molecule has 0 fully saturated rings. The Morgan fingerprint density at radius 1 is 1.33 bits per heavy atom. The van der Waals surface area contributed by atoms with E-state index in [0.717, 1.165) is 4.88 Å². The number of aromatic nitrogens is 1. The number of pyridine rings is 1. The predicted octanol–water partition coefficient (Wildman–Crippen LogP) is 0.907. The van der Waals surface area contributed by atoms with Crippen molar-refractivity contribution < 1.29 is 8.42 Å². The second-order valence-corrected chi connectivity index (χ2v) is 6.12. The molecule has 0 atom stereocenters. The zero-order valence-corrected chi connectivity index (χ0v) is 11.0. The first kappa shape index (κ1) is 13.0. The Balaban J connectivity index is 2.20. The zero-order valence-electron chi connectivity index (χ0n) is 9.33. The number of nitrogens with zero attached hydrogens (tertiary/aromatic N) is 1. The van der Waals surface area contributed by atoms with Crippen molar-refractivity contribution in [1.82, 2.24) is 9.71 Å². The molecule has 0 aromatic carbocycles. The maximum atomic E-state index is 12.0. The van der Waals surface area contributed by atoms with Crippen molar-refractivity contribution >= 4 is 27.0 Å². The maximum Gasteiger partial charge on any atom is 0.260 e. The highest BCUT2D eigenvalue weighted by Gasteiger charge is 2.19. The molecule has 0 unspecified atom stereocenters. The van der Waals surface area contributed by atoms with Crippen molar-refractivity contribution in [1.29, 1.82) is 0 Å². The number of hydrogen-bond donors (Lipinski definition) is 3. The Hall–Kier alpha value is -1.48. The van der Waals surface area contributed by atoms with Gasteiger partial charge in [-0.1, -0.05) is 6.07 Å². The van der Waals surface area contributed by atoms with E-state index in [1.807, 2.05) is 17.5 Å². The van der Waals surface area contributed by atoms with Crippen LogP contribution < -0.4 is 16.0 Å². The first-order chi connectivity index (χ1) is 8.63. The van der Waals surface area contributed by atoms with E-state index in [-0.39, 0.29) is 17.3 Å². The number of thiophene rings is 1. The molecular formula is C10H12N4O2S2. The molecule has 8 heteroatoms. The Morgan fingerprint density at radius 2 is 2.17 bits per heavy atom. The van der Waals surface area contributed by atoms with Crippen LogP contribution in [0, 0.1) is 0 Å². The highest BCUT2D eigenvalue weighted by atomic mass is 32.2. The lowest BCUT2D eigenvalue weighted by Gasteiger charge is -2.08. The zero-order chi connectivity index (χ0) is 13.0. The first-order valence-corrected chi connectivity index (χ1v) is 7.43. The van der Waals surface area contributed by atoms with Gasteiger partial charge < -0.3 is 5.43 Å². The molecule has 0 saturated heterocycles. The van der Waals surface area contributed by atoms with Gasteiger partial charge in [0.15, 0.2) is 5.03 Å². The molecule has 2 rings (SSSR count). The van der Waals surface area contributed by atoms with Gasteiger partial charge in [0, 0.05) is 17.6 Å². The van der Waals surface area contributed by atoms with E-state index in [4.69, 9.17) is 5.84 Å². The SMILES string of the molecule is NNc1cccnc1S(=O)(=O)NCc1cccs1. The normalized spacial score (nSPS) is 11.4. The molecule has 18 heavy (non-hydrogen) atoms. The molecule has 2 heterocycles. The molecule has 4 N–H and O–H groups in total. The summed E-state index contributed by atoms with van der Waals surface area (Å²) < 4.78 is 26.6. The monoisotopic (exact) mass is 284 g/mol. The molecule has 2 aromatic rings. The molecule has 0 aliphatic carbocycles. The summed E-state index contributed by atoms with van der Waals surface area (Å²) in [6.07, 6.45) is 1.40. The van der Waals surface area contributed by atoms with Gasteiger partial charge >= 0.3 is 0 Å². The van der Waals surface area contributed by atoms with Crippen LogP contribution in [-0.2, 0) is 16.6 Å². The van der Waals surface area contributed by atoms with Crippen LogP contribution in [-0.4, -0.2) is 13.4 Å². The average Bonchev–Trinajstić information content (AvgIpc) is 2.89. The fourth-order valence-corrected chi connectivity index (χ4v) is 3.20. The number of hydrazine groups is 1. The molecule has 6 nitrogen and oxygen atoms in total. The van der Waals surface area contributed by atoms with Crippen LogP contribution in [0.15, 0.2) is 40.9 Å². The molecule has 0 spiro atoms. The fraction of sp³-hybridized carbons (Fsp3) is 0.100. The standard InChI is InChI=1S/C10H12N4O2S2/c11-14-9-4-1-5-12-10(9)18(15,16)13-7-8-3-2-6-17-8/h1-6,13-14H,7,11H2. The van der Waals surface area contributed by atoms with Crippen LogP contribution in [0.2, 0.25) is 0 Å². The van der Waals surface area contributed by atoms with E-state index in [0.29, 0.717) is 0 Å². The first-order valence-electron chi connectivity index (χ1n) is 5.07. The Bertz CT molecular complexity index is 611. The Kier molecular flexibility index (Phi) is 3.92. The molecular weight excluding hydrogens is 272 g/mol. The van der Waals surface area contributed by atoms with Crippen LogP contribution in [0.25, 0.3) is 0 Å². The number of hydrogen-bond acceptors (Lipinski definition) is 6. The van der Waals surface area contributed by atoms with Gasteiger partial charge in [-0.3, -0.25) is 5.84 Å². The molecule has 96 valence electrons. The maximum absolute atomic E-state index is 12.0. The summed E-state index contributed by atoms with van der Waals surface area (Å²) >= 11 is 1.48. The summed E-state index contributed by atoms with van der Waals surface area (Å²) in [6, 6.07) is 6.87. The van der Waals surface area contributed by atoms with Gasteiger partial charge in [0.2, 0.25) is 0 Å². The van der Waals surface area contributed by atoms with Crippen molar-refractivity contribution in [3.63, 3.8) is 0 Å². The largest absolute Gasteiger partial charge is 0.321 e. The van der Waals surface area contributed by atoms with E-state index < -0.39 is 10.0 Å². The quantitative estimate of drug-likeness (QED) is 0.560. The lowest BCUT2D eigenvalue weighted by molar-refractivity contribution is 0.578. The van der Waals surface area contributed by atoms with Crippen molar-refractivity contribution in [2.24, 2.45) is 5.84 Å². The number of sulfonamides is 1. The van der Waals surface area contributed by atoms with Crippen molar-refractivity contribution in [3.05, 3.63) is 40.7 Å². The van der Waals surface area contributed by atoms with E-state index >= 15 is 0 Å². The lowest BCUT2D eigenvalue weighted by Crippen LogP contribution is -2.25. The lowest BCUT2D eigenvalue weighted by atomic mass is 10.4. The smallest absolute Gasteiger partial charge is 0.260 e. The second-order valence-electron chi connectivity index (χ2n) is 3.40. The minimum atomic E-state index is -3.68. The van der Waals surface area contributed by atoms with Gasteiger partial charge in [0.1, 0.15) is 0 Å². The molecule has 0 amide bonds. The van der Waals surface area contributed by atoms with Crippen LogP contribution in [0.5, 0.6) is 0 Å². The highest BCUT2D eigenvalue weighted by Crippen LogP contribution is 2.17. The third kappa shape index (κ3) is 2.85. The number of nitrogen functional groups attached to an aromatic ring is 1. The van der Waals surface area contributed by atoms with Crippen LogP contribution in [0.1, 0.15) is 4.88 Å². The van der Waals surface area contributed by atoms with E-state index in [1.165, 1.54) is 17.5 Å². The van der Waals surface area contributed by atoms with Gasteiger partial charge in [-0.25, -0.2) is 18.1 Å². The Labute approximate surface area is 109 Å². The summed E-state index contributed by atoms with van der Waals surface area (Å²) in [5, 5.41) is 1.78. The van der Waals surface area contributed by atoms with E-state index in [2.05, 4.69) is 15.1 Å². The topological polar surface area (TPSA) is 97.1 Å². The molecule has 0 bridgehead atoms. The summed E-state index contributed by atoms with van der Waals surface area (Å²) in [5.74, 6) is 5.26. The van der Waals surface area contributed by atoms with Gasteiger partial charge in [-0.05, 0) is 23.6 Å². The van der Waals surface area contributed by atoms with Gasteiger partial charge in [0.05, 0.1) is 5.69 Å². The summed E-state index contributed by atoms with van der Waals surface area (Å²) in [7, 11) is -3.68. The minimum absolute atomic E-state index is 0.107. The van der Waals surface area contributed by atoms with Gasteiger partial charge in [0.25, 0.3) is 10.0 Å². The molecule has 0 aliphatic rings. The highest BCUT2D eigenvalue weighted by molar-refractivity contribution is 7.89. The summed E-state index contributed by atoms with van der Waals surface area (Å²) in [4.78, 5) is 4.76. The van der Waals surface area contributed by atoms with Crippen molar-refractivity contribution in [2.45, 2.75) is 11.6 Å². The van der Waals surface area contributed by atoms with Crippen LogP contribution >= 0.6 is 11.3 Å². The van der Waals surface area contributed by atoms with Gasteiger partial charge in [-0.2, -0.15) is 0 Å². The van der Waals surface area contributed by atoms with Gasteiger partial charge in [-0.15, -0.1) is 11.3 Å². The van der Waals surface area contributed by atoms with Crippen LogP contribution in [0.3, 0.4) is 0 Å². The molecule has 0 saturated carbocycles. The summed E-state index contributed by atoms with van der Waals surface area (Å²) in [5.41, 5.74) is 2.58. The summed E-state index contributed by atoms with van der Waals surface area (Å²) in [6.45, 7) is 0.237. The van der Waals surface area contributed by atoms with Crippen LogP contribution in [0.4, 0.5) is 5.69 Å². The molecule has 0 radical (unpaired) electrons. The third-order valence-corrected chi connectivity index (χ3v) is 4.43. The second kappa shape index (κ2) is 5.44. The van der Waals surface area contributed by atoms with Crippen molar-refractivity contribution in [2.75, 3.05) is 5.43 Å². The number of anilines is 1. The number of nitrogens with two attached hydrogens (primary N) is 1. The van der Waals surface area contributed by atoms with Crippen molar-refractivity contribution in [3.8, 4) is 0 Å². The fourth-order valence-electron chi connectivity index (χ4n) is 1.36. The number of rotatable bonds is 5. The van der Waals surface area contributed by atoms with E-state index in [9.17, 15) is 8.42 Å². The molecule has 0 aliphatic heterocycles.